The first kappa shape index (κ1) is 10.9. The van der Waals surface area contributed by atoms with Crippen LogP contribution < -0.4 is 0 Å². The highest BCUT2D eigenvalue weighted by Gasteiger charge is 2.24. The van der Waals surface area contributed by atoms with Gasteiger partial charge in [0.25, 0.3) is 0 Å². The molecule has 0 fully saturated rings. The fourth-order valence-corrected chi connectivity index (χ4v) is 3.64. The van der Waals surface area contributed by atoms with Crippen LogP contribution in [0.2, 0.25) is 0 Å². The maximum Gasteiger partial charge on any atom is 0.0440 e. The molecule has 0 atom stereocenters. The van der Waals surface area contributed by atoms with Crippen LogP contribution in [0.15, 0.2) is 58.3 Å². The SMILES string of the molecule is OCCC1c2ccccc2Sc2ccccc21. The van der Waals surface area contributed by atoms with Crippen molar-refractivity contribution in [2.24, 2.45) is 0 Å². The van der Waals surface area contributed by atoms with Crippen LogP contribution in [-0.2, 0) is 0 Å². The molecule has 1 aliphatic heterocycles. The topological polar surface area (TPSA) is 20.2 Å². The lowest BCUT2D eigenvalue weighted by Gasteiger charge is -2.27. The molecule has 0 radical (unpaired) electrons. The Kier molecular flexibility index (Phi) is 2.91. The van der Waals surface area contributed by atoms with E-state index in [0.717, 1.165) is 6.42 Å². The van der Waals surface area contributed by atoms with E-state index in [1.54, 1.807) is 0 Å². The van der Waals surface area contributed by atoms with E-state index in [1.807, 2.05) is 11.8 Å². The average molecular weight is 242 g/mol. The fourth-order valence-electron chi connectivity index (χ4n) is 2.45. The van der Waals surface area contributed by atoms with Crippen molar-refractivity contribution in [3.8, 4) is 0 Å². The molecular weight excluding hydrogens is 228 g/mol. The van der Waals surface area contributed by atoms with E-state index in [9.17, 15) is 5.11 Å². The Hall–Kier alpha value is -1.25. The summed E-state index contributed by atoms with van der Waals surface area (Å²) in [5.74, 6) is 0.341. The van der Waals surface area contributed by atoms with Gasteiger partial charge in [-0.1, -0.05) is 48.2 Å². The molecule has 0 aliphatic carbocycles. The van der Waals surface area contributed by atoms with Gasteiger partial charge in [-0.25, -0.2) is 0 Å². The second-order valence-corrected chi connectivity index (χ2v) is 5.33. The molecule has 0 amide bonds. The molecule has 2 aromatic carbocycles. The van der Waals surface area contributed by atoms with E-state index in [-0.39, 0.29) is 6.61 Å². The third kappa shape index (κ3) is 1.88. The average Bonchev–Trinajstić information content (AvgIpc) is 2.39. The van der Waals surface area contributed by atoms with Crippen LogP contribution in [0.25, 0.3) is 0 Å². The molecule has 17 heavy (non-hydrogen) atoms. The number of hydrogen-bond acceptors (Lipinski definition) is 2. The molecule has 2 heteroatoms. The molecule has 0 bridgehead atoms. The van der Waals surface area contributed by atoms with Crippen LogP contribution in [0.1, 0.15) is 23.5 Å². The second-order valence-electron chi connectivity index (χ2n) is 4.24. The molecule has 3 rings (SSSR count). The molecule has 1 nitrogen and oxygen atoms in total. The van der Waals surface area contributed by atoms with Crippen LogP contribution in [0, 0.1) is 0 Å². The van der Waals surface area contributed by atoms with E-state index in [4.69, 9.17) is 0 Å². The monoisotopic (exact) mass is 242 g/mol. The third-order valence-corrected chi connectivity index (χ3v) is 4.41. The van der Waals surface area contributed by atoms with Gasteiger partial charge >= 0.3 is 0 Å². The summed E-state index contributed by atoms with van der Waals surface area (Å²) < 4.78 is 0. The first-order valence-electron chi connectivity index (χ1n) is 5.86. The van der Waals surface area contributed by atoms with Gasteiger partial charge in [-0.3, -0.25) is 0 Å². The Bertz CT molecular complexity index is 490. The van der Waals surface area contributed by atoms with Crippen LogP contribution in [0.5, 0.6) is 0 Å². The van der Waals surface area contributed by atoms with Gasteiger partial charge < -0.3 is 5.11 Å². The zero-order chi connectivity index (χ0) is 11.7. The van der Waals surface area contributed by atoms with Gasteiger partial charge in [0.2, 0.25) is 0 Å². The van der Waals surface area contributed by atoms with Crippen molar-refractivity contribution >= 4 is 11.8 Å². The zero-order valence-electron chi connectivity index (χ0n) is 9.47. The van der Waals surface area contributed by atoms with Crippen molar-refractivity contribution < 1.29 is 5.11 Å². The highest BCUT2D eigenvalue weighted by molar-refractivity contribution is 7.99. The first-order chi connectivity index (χ1) is 8.40. The number of hydrogen-bond donors (Lipinski definition) is 1. The van der Waals surface area contributed by atoms with Gasteiger partial charge in [-0.15, -0.1) is 0 Å². The lowest BCUT2D eigenvalue weighted by molar-refractivity contribution is 0.280. The van der Waals surface area contributed by atoms with Crippen molar-refractivity contribution in [3.63, 3.8) is 0 Å². The molecular formula is C15H14OS. The molecule has 1 heterocycles. The predicted octanol–water partition coefficient (Wildman–Crippen LogP) is 3.67. The van der Waals surface area contributed by atoms with Crippen molar-refractivity contribution in [1.29, 1.82) is 0 Å². The molecule has 2 aromatic rings. The Morgan fingerprint density at radius 2 is 1.41 bits per heavy atom. The van der Waals surface area contributed by atoms with Gasteiger partial charge in [0.1, 0.15) is 0 Å². The Labute approximate surface area is 105 Å². The predicted molar refractivity (Wildman–Crippen MR) is 70.6 cm³/mol. The summed E-state index contributed by atoms with van der Waals surface area (Å²) in [6.07, 6.45) is 0.800. The van der Waals surface area contributed by atoms with Crippen molar-refractivity contribution in [2.75, 3.05) is 6.61 Å². The summed E-state index contributed by atoms with van der Waals surface area (Å²) in [7, 11) is 0. The summed E-state index contributed by atoms with van der Waals surface area (Å²) in [5.41, 5.74) is 2.70. The molecule has 0 aromatic heterocycles. The smallest absolute Gasteiger partial charge is 0.0440 e. The van der Waals surface area contributed by atoms with Crippen molar-refractivity contribution in [3.05, 3.63) is 59.7 Å². The van der Waals surface area contributed by atoms with E-state index < -0.39 is 0 Å². The van der Waals surface area contributed by atoms with E-state index >= 15 is 0 Å². The summed E-state index contributed by atoms with van der Waals surface area (Å²) in [4.78, 5) is 2.65. The van der Waals surface area contributed by atoms with Gasteiger partial charge in [0.05, 0.1) is 0 Å². The molecule has 0 unspecified atom stereocenters. The maximum atomic E-state index is 9.26. The number of benzene rings is 2. The van der Waals surface area contributed by atoms with E-state index in [1.165, 1.54) is 20.9 Å². The fraction of sp³-hybridized carbons (Fsp3) is 0.200. The van der Waals surface area contributed by atoms with Crippen molar-refractivity contribution in [2.45, 2.75) is 22.1 Å². The Morgan fingerprint density at radius 3 is 1.94 bits per heavy atom. The number of rotatable bonds is 2. The van der Waals surface area contributed by atoms with E-state index in [2.05, 4.69) is 48.5 Å². The Balaban J connectivity index is 2.13. The van der Waals surface area contributed by atoms with Gasteiger partial charge in [-0.05, 0) is 29.7 Å². The third-order valence-electron chi connectivity index (χ3n) is 3.23. The quantitative estimate of drug-likeness (QED) is 0.867. The highest BCUT2D eigenvalue weighted by Crippen LogP contribution is 2.46. The largest absolute Gasteiger partial charge is 0.396 e. The normalized spacial score (nSPS) is 14.2. The minimum Gasteiger partial charge on any atom is -0.396 e. The van der Waals surface area contributed by atoms with Gasteiger partial charge in [0, 0.05) is 22.3 Å². The maximum absolute atomic E-state index is 9.26. The van der Waals surface area contributed by atoms with Crippen molar-refractivity contribution in [1.82, 2.24) is 0 Å². The zero-order valence-corrected chi connectivity index (χ0v) is 10.3. The molecule has 0 saturated carbocycles. The van der Waals surface area contributed by atoms with Crippen LogP contribution in [0.3, 0.4) is 0 Å². The number of fused-ring (bicyclic) bond motifs is 2. The second kappa shape index (κ2) is 4.55. The van der Waals surface area contributed by atoms with Crippen LogP contribution in [-0.4, -0.2) is 11.7 Å². The summed E-state index contributed by atoms with van der Waals surface area (Å²) in [6.45, 7) is 0.234. The lowest BCUT2D eigenvalue weighted by atomic mass is 9.88. The molecule has 1 aliphatic rings. The summed E-state index contributed by atoms with van der Waals surface area (Å²) >= 11 is 1.83. The molecule has 0 saturated heterocycles. The van der Waals surface area contributed by atoms with Crippen LogP contribution in [0.4, 0.5) is 0 Å². The summed E-state index contributed by atoms with van der Waals surface area (Å²) in [6, 6.07) is 17.0. The molecule has 0 spiro atoms. The van der Waals surface area contributed by atoms with Crippen LogP contribution >= 0.6 is 11.8 Å². The van der Waals surface area contributed by atoms with Gasteiger partial charge in [0.15, 0.2) is 0 Å². The minimum atomic E-state index is 0.234. The lowest BCUT2D eigenvalue weighted by Crippen LogP contribution is -2.09. The minimum absolute atomic E-state index is 0.234. The summed E-state index contributed by atoms with van der Waals surface area (Å²) in [5, 5.41) is 9.26. The first-order valence-corrected chi connectivity index (χ1v) is 6.68. The van der Waals surface area contributed by atoms with E-state index in [0.29, 0.717) is 5.92 Å². The molecule has 86 valence electrons. The Morgan fingerprint density at radius 1 is 0.882 bits per heavy atom. The standard InChI is InChI=1S/C15H14OS/c16-10-9-11-12-5-1-3-7-14(12)17-15-8-4-2-6-13(11)15/h1-8,11,16H,9-10H2. The number of aliphatic hydroxyl groups excluding tert-OH is 1. The van der Waals surface area contributed by atoms with Gasteiger partial charge in [-0.2, -0.15) is 0 Å². The number of aliphatic hydroxyl groups is 1. The highest BCUT2D eigenvalue weighted by atomic mass is 32.2. The molecule has 1 N–H and O–H groups in total.